The van der Waals surface area contributed by atoms with Gasteiger partial charge in [0, 0.05) is 13.5 Å². The average Bonchev–Trinajstić information content (AvgIpc) is 2.97. The maximum absolute atomic E-state index is 11.1. The van der Waals surface area contributed by atoms with Gasteiger partial charge >= 0.3 is 5.97 Å². The molecule has 0 fully saturated rings. The van der Waals surface area contributed by atoms with Gasteiger partial charge in [-0.05, 0) is 46.9 Å². The molecule has 0 saturated heterocycles. The molecule has 0 amide bonds. The van der Waals surface area contributed by atoms with E-state index in [0.717, 1.165) is 27.8 Å². The molecule has 3 aromatic rings. The Labute approximate surface area is 194 Å². The largest absolute Gasteiger partial charge is 0.491 e. The first kappa shape index (κ1) is 22.8. The molecule has 1 N–H and O–H groups in total. The summed E-state index contributed by atoms with van der Waals surface area (Å²) in [5, 5.41) is 9.13. The lowest BCUT2D eigenvalue weighted by molar-refractivity contribution is -0.148. The zero-order valence-corrected chi connectivity index (χ0v) is 18.9. The Morgan fingerprint density at radius 3 is 2.39 bits per heavy atom. The second-order valence-corrected chi connectivity index (χ2v) is 8.10. The second kappa shape index (κ2) is 10.5. The first-order valence-corrected chi connectivity index (χ1v) is 11.0. The zero-order chi connectivity index (χ0) is 23.2. The van der Waals surface area contributed by atoms with Gasteiger partial charge in [-0.3, -0.25) is 0 Å². The van der Waals surface area contributed by atoms with Crippen LogP contribution in [0.1, 0.15) is 39.5 Å². The van der Waals surface area contributed by atoms with Crippen LogP contribution in [-0.4, -0.2) is 37.5 Å². The molecule has 4 rings (SSSR count). The zero-order valence-electron chi connectivity index (χ0n) is 18.9. The summed E-state index contributed by atoms with van der Waals surface area (Å²) < 4.78 is 17.2. The molecule has 1 aliphatic carbocycles. The van der Waals surface area contributed by atoms with Crippen LogP contribution in [0.4, 0.5) is 0 Å². The highest BCUT2D eigenvalue weighted by molar-refractivity contribution is 5.76. The van der Waals surface area contributed by atoms with Crippen molar-refractivity contribution in [3.05, 3.63) is 100 Å². The van der Waals surface area contributed by atoms with Gasteiger partial charge in [0.05, 0.1) is 6.61 Å². The first-order valence-electron chi connectivity index (χ1n) is 11.0. The minimum atomic E-state index is -0.970. The molecule has 3 aromatic carbocycles. The molecule has 2 atom stereocenters. The number of hydrogen-bond acceptors (Lipinski definition) is 4. The summed E-state index contributed by atoms with van der Waals surface area (Å²) in [4.78, 5) is 11.1. The molecule has 1 aliphatic rings. The maximum atomic E-state index is 11.1. The molecule has 0 aromatic heterocycles. The van der Waals surface area contributed by atoms with Crippen LogP contribution in [0.2, 0.25) is 0 Å². The number of aryl methyl sites for hydroxylation is 1. The summed E-state index contributed by atoms with van der Waals surface area (Å²) in [7, 11) is 1.40. The van der Waals surface area contributed by atoms with Gasteiger partial charge in [-0.1, -0.05) is 72.3 Å². The van der Waals surface area contributed by atoms with Gasteiger partial charge in [-0.2, -0.15) is 0 Å². The van der Waals surface area contributed by atoms with Crippen molar-refractivity contribution < 1.29 is 24.1 Å². The number of carboxylic acids is 1. The average molecular weight is 445 g/mol. The summed E-state index contributed by atoms with van der Waals surface area (Å²) in [6.45, 7) is 2.93. The SMILES string of the molecule is COC(Cc1ccc(OCCOC2c3ccccc3C=Cc3ccc(C)cc32)cc1)C(=O)O. The topological polar surface area (TPSA) is 65.0 Å². The van der Waals surface area contributed by atoms with Crippen molar-refractivity contribution in [1.82, 2.24) is 0 Å². The van der Waals surface area contributed by atoms with Crippen LogP contribution < -0.4 is 4.74 Å². The van der Waals surface area contributed by atoms with Crippen molar-refractivity contribution in [2.75, 3.05) is 20.3 Å². The smallest absolute Gasteiger partial charge is 0.333 e. The van der Waals surface area contributed by atoms with Gasteiger partial charge < -0.3 is 19.3 Å². The van der Waals surface area contributed by atoms with E-state index in [-0.39, 0.29) is 6.10 Å². The van der Waals surface area contributed by atoms with Gasteiger partial charge in [0.1, 0.15) is 18.5 Å². The van der Waals surface area contributed by atoms with E-state index in [1.807, 2.05) is 36.4 Å². The quantitative estimate of drug-likeness (QED) is 0.454. The van der Waals surface area contributed by atoms with Crippen LogP contribution in [-0.2, 0) is 20.7 Å². The third-order valence-electron chi connectivity index (χ3n) is 5.79. The van der Waals surface area contributed by atoms with Crippen molar-refractivity contribution in [2.45, 2.75) is 25.6 Å². The Balaban J connectivity index is 1.39. The standard InChI is InChI=1S/C28H28O5/c1-19-7-10-22-12-11-21-5-3-4-6-24(21)27(25(22)17-19)33-16-15-32-23-13-8-20(9-14-23)18-26(31-2)28(29)30/h3-14,17,26-27H,15-16,18H2,1-2H3,(H,29,30). The Bertz CT molecular complexity index is 1130. The van der Waals surface area contributed by atoms with Crippen molar-refractivity contribution >= 4 is 18.1 Å². The minimum Gasteiger partial charge on any atom is -0.491 e. The molecule has 0 saturated carbocycles. The predicted molar refractivity (Wildman–Crippen MR) is 128 cm³/mol. The van der Waals surface area contributed by atoms with Gasteiger partial charge in [-0.15, -0.1) is 0 Å². The number of benzene rings is 3. The number of methoxy groups -OCH3 is 1. The molecule has 5 nitrogen and oxygen atoms in total. The third-order valence-corrected chi connectivity index (χ3v) is 5.79. The molecule has 33 heavy (non-hydrogen) atoms. The highest BCUT2D eigenvalue weighted by Crippen LogP contribution is 2.35. The van der Waals surface area contributed by atoms with E-state index in [2.05, 4.69) is 49.4 Å². The summed E-state index contributed by atoms with van der Waals surface area (Å²) in [6, 6.07) is 22.2. The Hall–Kier alpha value is -3.41. The van der Waals surface area contributed by atoms with Gasteiger partial charge in [0.25, 0.3) is 0 Å². The van der Waals surface area contributed by atoms with Crippen LogP contribution in [0.3, 0.4) is 0 Å². The molecule has 2 unspecified atom stereocenters. The molecule has 0 bridgehead atoms. The van der Waals surface area contributed by atoms with Crippen LogP contribution in [0.5, 0.6) is 5.75 Å². The highest BCUT2D eigenvalue weighted by Gasteiger charge is 2.22. The second-order valence-electron chi connectivity index (χ2n) is 8.10. The molecule has 0 aliphatic heterocycles. The number of carboxylic acid groups (broad SMARTS) is 1. The van der Waals surface area contributed by atoms with E-state index in [1.165, 1.54) is 12.7 Å². The number of ether oxygens (including phenoxy) is 3. The molecule has 0 radical (unpaired) electrons. The normalized spacial score (nSPS) is 15.3. The highest BCUT2D eigenvalue weighted by atomic mass is 16.5. The fraction of sp³-hybridized carbons (Fsp3) is 0.250. The van der Waals surface area contributed by atoms with Crippen LogP contribution in [0, 0.1) is 6.92 Å². The lowest BCUT2D eigenvalue weighted by Gasteiger charge is -2.21. The van der Waals surface area contributed by atoms with Crippen molar-refractivity contribution in [2.24, 2.45) is 0 Å². The van der Waals surface area contributed by atoms with Crippen LogP contribution in [0.15, 0.2) is 66.7 Å². The number of carbonyl (C=O) groups is 1. The molecule has 170 valence electrons. The van der Waals surface area contributed by atoms with Gasteiger partial charge in [-0.25, -0.2) is 4.79 Å². The van der Waals surface area contributed by atoms with E-state index >= 15 is 0 Å². The van der Waals surface area contributed by atoms with E-state index in [9.17, 15) is 4.79 Å². The Morgan fingerprint density at radius 1 is 0.939 bits per heavy atom. The summed E-state index contributed by atoms with van der Waals surface area (Å²) in [5.41, 5.74) is 6.70. The molecule has 5 heteroatoms. The lowest BCUT2D eigenvalue weighted by Crippen LogP contribution is -2.24. The van der Waals surface area contributed by atoms with E-state index in [1.54, 1.807) is 0 Å². The predicted octanol–water partition coefficient (Wildman–Crippen LogP) is 5.31. The fourth-order valence-electron chi connectivity index (χ4n) is 4.03. The number of aliphatic carboxylic acids is 1. The summed E-state index contributed by atoms with van der Waals surface area (Å²) in [6.07, 6.45) is 3.58. The van der Waals surface area contributed by atoms with Crippen molar-refractivity contribution in [3.8, 4) is 5.75 Å². The monoisotopic (exact) mass is 444 g/mol. The maximum Gasteiger partial charge on any atom is 0.333 e. The summed E-state index contributed by atoms with van der Waals surface area (Å²) >= 11 is 0. The minimum absolute atomic E-state index is 0.168. The summed E-state index contributed by atoms with van der Waals surface area (Å²) in [5.74, 6) is -0.257. The number of rotatable bonds is 9. The van der Waals surface area contributed by atoms with E-state index in [4.69, 9.17) is 19.3 Å². The number of hydrogen-bond donors (Lipinski definition) is 1. The molecule has 0 spiro atoms. The Morgan fingerprint density at radius 2 is 1.67 bits per heavy atom. The van der Waals surface area contributed by atoms with Crippen LogP contribution in [0.25, 0.3) is 12.2 Å². The molecular formula is C28H28O5. The van der Waals surface area contributed by atoms with E-state index < -0.39 is 12.1 Å². The lowest BCUT2D eigenvalue weighted by atomic mass is 9.95. The van der Waals surface area contributed by atoms with Crippen molar-refractivity contribution in [3.63, 3.8) is 0 Å². The van der Waals surface area contributed by atoms with Crippen LogP contribution >= 0.6 is 0 Å². The third kappa shape index (κ3) is 5.51. The first-order chi connectivity index (χ1) is 16.0. The van der Waals surface area contributed by atoms with E-state index in [0.29, 0.717) is 25.4 Å². The fourth-order valence-corrected chi connectivity index (χ4v) is 4.03. The Kier molecular flexibility index (Phi) is 7.23. The molecular weight excluding hydrogens is 416 g/mol. The van der Waals surface area contributed by atoms with Crippen molar-refractivity contribution in [1.29, 1.82) is 0 Å². The molecule has 0 heterocycles. The van der Waals surface area contributed by atoms with Gasteiger partial charge in [0.15, 0.2) is 6.10 Å². The van der Waals surface area contributed by atoms with Gasteiger partial charge in [0.2, 0.25) is 0 Å². The number of fused-ring (bicyclic) bond motifs is 2.